The summed E-state index contributed by atoms with van der Waals surface area (Å²) in [4.78, 5) is 35.6. The van der Waals surface area contributed by atoms with Crippen LogP contribution in [0.5, 0.6) is 0 Å². The quantitative estimate of drug-likeness (QED) is 0.450. The maximum atomic E-state index is 12.8. The molecule has 0 bridgehead atoms. The highest BCUT2D eigenvalue weighted by Crippen LogP contribution is 2.24. The van der Waals surface area contributed by atoms with Crippen molar-refractivity contribution in [3.05, 3.63) is 46.8 Å². The van der Waals surface area contributed by atoms with Gasteiger partial charge in [0.1, 0.15) is 5.00 Å². The summed E-state index contributed by atoms with van der Waals surface area (Å²) in [7, 11) is -3.96. The van der Waals surface area contributed by atoms with Crippen molar-refractivity contribution in [1.29, 1.82) is 10.5 Å². The van der Waals surface area contributed by atoms with E-state index in [-0.39, 0.29) is 47.0 Å². The molecule has 0 radical (unpaired) electrons. The lowest BCUT2D eigenvalue weighted by Crippen LogP contribution is -2.40. The lowest BCUT2D eigenvalue weighted by Gasteiger charge is -2.20. The summed E-state index contributed by atoms with van der Waals surface area (Å²) in [5.74, 6) is -1.64. The zero-order valence-corrected chi connectivity index (χ0v) is 19.1. The van der Waals surface area contributed by atoms with Gasteiger partial charge in [-0.25, -0.2) is 8.42 Å². The van der Waals surface area contributed by atoms with Crippen molar-refractivity contribution in [2.45, 2.75) is 24.7 Å². The Hall–Kier alpha value is -3.78. The number of anilines is 1. The number of sulfonamides is 1. The van der Waals surface area contributed by atoms with Crippen LogP contribution in [0.3, 0.4) is 0 Å². The highest BCUT2D eigenvalue weighted by Gasteiger charge is 2.24. The number of rotatable bonds is 9. The molecular weight excluding hydrogens is 468 g/mol. The number of thiophene rings is 1. The number of nitriles is 2. The summed E-state index contributed by atoms with van der Waals surface area (Å²) in [5, 5.41) is 22.0. The van der Waals surface area contributed by atoms with Gasteiger partial charge in [0.05, 0.1) is 22.6 Å². The number of hydrogen-bond donors (Lipinski definition) is 3. The molecule has 1 heterocycles. The molecule has 13 heteroatoms. The number of benzene rings is 1. The Bertz CT molecular complexity index is 1190. The van der Waals surface area contributed by atoms with E-state index < -0.39 is 27.7 Å². The molecular formula is C20H20N6O5S2. The van der Waals surface area contributed by atoms with Crippen LogP contribution in [-0.4, -0.2) is 43.5 Å². The number of nitrogens with zero attached hydrogens (tertiary/aromatic N) is 3. The van der Waals surface area contributed by atoms with E-state index >= 15 is 0 Å². The smallest absolute Gasteiger partial charge is 0.272 e. The van der Waals surface area contributed by atoms with Crippen molar-refractivity contribution in [1.82, 2.24) is 15.2 Å². The molecule has 2 aromatic rings. The van der Waals surface area contributed by atoms with Crippen LogP contribution in [0.2, 0.25) is 0 Å². The van der Waals surface area contributed by atoms with Gasteiger partial charge in [0.2, 0.25) is 15.9 Å². The zero-order chi connectivity index (χ0) is 24.4. The molecule has 0 aliphatic heterocycles. The average molecular weight is 489 g/mol. The number of nitrogens with one attached hydrogen (secondary N) is 3. The standard InChI is InChI=1S/C20H20N6O5S2/c1-14(27)24-25-19(29)17-8-13-32-20(17)23-18(28)15-4-6-16(7-5-15)33(30,31)26(11-2-9-21)12-3-10-22/h4-8,13H,2-3,11-12H2,1H3,(H,23,28)(H,24,27)(H,25,29). The Morgan fingerprint density at radius 3 is 2.12 bits per heavy atom. The largest absolute Gasteiger partial charge is 0.313 e. The van der Waals surface area contributed by atoms with Gasteiger partial charge in [0.15, 0.2) is 0 Å². The summed E-state index contributed by atoms with van der Waals surface area (Å²) in [6.45, 7) is 1.13. The minimum Gasteiger partial charge on any atom is -0.313 e. The normalized spacial score (nSPS) is 10.7. The SMILES string of the molecule is CC(=O)NNC(=O)c1ccsc1NC(=O)c1ccc(S(=O)(=O)N(CCC#N)CCC#N)cc1. The van der Waals surface area contributed by atoms with Gasteiger partial charge in [-0.15, -0.1) is 11.3 Å². The van der Waals surface area contributed by atoms with Crippen LogP contribution in [0.15, 0.2) is 40.6 Å². The third-order valence-corrected chi connectivity index (χ3v) is 6.93. The molecule has 0 atom stereocenters. The van der Waals surface area contributed by atoms with Gasteiger partial charge in [-0.2, -0.15) is 14.8 Å². The number of hydrogen-bond acceptors (Lipinski definition) is 8. The van der Waals surface area contributed by atoms with Crippen molar-refractivity contribution in [2.75, 3.05) is 18.4 Å². The van der Waals surface area contributed by atoms with E-state index in [4.69, 9.17) is 10.5 Å². The number of carbonyl (C=O) groups is 3. The lowest BCUT2D eigenvalue weighted by molar-refractivity contribution is -0.119. The average Bonchev–Trinajstić information content (AvgIpc) is 3.25. The van der Waals surface area contributed by atoms with Crippen LogP contribution in [-0.2, 0) is 14.8 Å². The summed E-state index contributed by atoms with van der Waals surface area (Å²) in [6.07, 6.45) is -0.0480. The van der Waals surface area contributed by atoms with E-state index in [9.17, 15) is 22.8 Å². The van der Waals surface area contributed by atoms with Crippen LogP contribution < -0.4 is 16.2 Å². The Morgan fingerprint density at radius 2 is 1.58 bits per heavy atom. The second-order valence-corrected chi connectivity index (χ2v) is 9.35. The topological polar surface area (TPSA) is 172 Å². The fourth-order valence-corrected chi connectivity index (χ4v) is 4.82. The second kappa shape index (κ2) is 11.7. The first kappa shape index (κ1) is 25.5. The molecule has 0 fully saturated rings. The van der Waals surface area contributed by atoms with Gasteiger partial charge in [0.25, 0.3) is 11.8 Å². The molecule has 3 amide bonds. The van der Waals surface area contributed by atoms with Crippen molar-refractivity contribution < 1.29 is 22.8 Å². The van der Waals surface area contributed by atoms with Crippen molar-refractivity contribution in [2.24, 2.45) is 0 Å². The Labute approximate surface area is 194 Å². The van der Waals surface area contributed by atoms with E-state index in [2.05, 4.69) is 16.2 Å². The summed E-state index contributed by atoms with van der Waals surface area (Å²) >= 11 is 1.10. The maximum Gasteiger partial charge on any atom is 0.272 e. The van der Waals surface area contributed by atoms with Crippen LogP contribution in [0.1, 0.15) is 40.5 Å². The summed E-state index contributed by atoms with van der Waals surface area (Å²) in [6, 6.07) is 10.4. The summed E-state index contributed by atoms with van der Waals surface area (Å²) < 4.78 is 26.7. The number of hydrazine groups is 1. The predicted octanol–water partition coefficient (Wildman–Crippen LogP) is 1.60. The molecule has 2 rings (SSSR count). The van der Waals surface area contributed by atoms with E-state index in [1.54, 1.807) is 5.38 Å². The zero-order valence-electron chi connectivity index (χ0n) is 17.5. The third kappa shape index (κ3) is 6.85. The van der Waals surface area contributed by atoms with Crippen molar-refractivity contribution in [3.8, 4) is 12.1 Å². The Kier molecular flexibility index (Phi) is 9.06. The minimum absolute atomic E-state index is 0.0240. The van der Waals surface area contributed by atoms with Gasteiger partial charge in [-0.1, -0.05) is 0 Å². The molecule has 0 saturated heterocycles. The van der Waals surface area contributed by atoms with Gasteiger partial charge >= 0.3 is 0 Å². The van der Waals surface area contributed by atoms with Gasteiger partial charge in [-0.05, 0) is 35.7 Å². The Morgan fingerprint density at radius 1 is 0.970 bits per heavy atom. The van der Waals surface area contributed by atoms with Gasteiger partial charge < -0.3 is 5.32 Å². The fourth-order valence-electron chi connectivity index (χ4n) is 2.60. The molecule has 0 aliphatic rings. The Balaban J connectivity index is 2.15. The van der Waals surface area contributed by atoms with Crippen molar-refractivity contribution >= 4 is 44.1 Å². The maximum absolute atomic E-state index is 12.8. The minimum atomic E-state index is -3.96. The molecule has 33 heavy (non-hydrogen) atoms. The van der Waals surface area contributed by atoms with Crippen LogP contribution in [0, 0.1) is 22.7 Å². The van der Waals surface area contributed by atoms with E-state index in [0.717, 1.165) is 15.6 Å². The number of carbonyl (C=O) groups excluding carboxylic acids is 3. The monoisotopic (exact) mass is 488 g/mol. The molecule has 11 nitrogen and oxygen atoms in total. The highest BCUT2D eigenvalue weighted by molar-refractivity contribution is 7.89. The molecule has 172 valence electrons. The molecule has 0 saturated carbocycles. The first-order valence-corrected chi connectivity index (χ1v) is 11.8. The van der Waals surface area contributed by atoms with E-state index in [0.29, 0.717) is 0 Å². The molecule has 0 spiro atoms. The molecule has 1 aromatic heterocycles. The first-order chi connectivity index (χ1) is 15.7. The van der Waals surface area contributed by atoms with E-state index in [1.165, 1.54) is 37.3 Å². The fraction of sp³-hybridized carbons (Fsp3) is 0.250. The molecule has 3 N–H and O–H groups in total. The van der Waals surface area contributed by atoms with Crippen molar-refractivity contribution in [3.63, 3.8) is 0 Å². The van der Waals surface area contributed by atoms with Gasteiger partial charge in [0, 0.05) is 38.4 Å². The second-order valence-electron chi connectivity index (χ2n) is 6.50. The highest BCUT2D eigenvalue weighted by atomic mass is 32.2. The first-order valence-electron chi connectivity index (χ1n) is 9.50. The van der Waals surface area contributed by atoms with Gasteiger partial charge in [-0.3, -0.25) is 25.2 Å². The lowest BCUT2D eigenvalue weighted by atomic mass is 10.2. The van der Waals surface area contributed by atoms with E-state index in [1.807, 2.05) is 12.1 Å². The predicted molar refractivity (Wildman–Crippen MR) is 119 cm³/mol. The molecule has 0 aliphatic carbocycles. The van der Waals surface area contributed by atoms with Crippen LogP contribution in [0.25, 0.3) is 0 Å². The summed E-state index contributed by atoms with van der Waals surface area (Å²) in [5.41, 5.74) is 4.66. The third-order valence-electron chi connectivity index (χ3n) is 4.19. The number of amides is 3. The molecule has 1 aromatic carbocycles. The molecule has 0 unspecified atom stereocenters. The van der Waals surface area contributed by atoms with Crippen LogP contribution in [0.4, 0.5) is 5.00 Å². The van der Waals surface area contributed by atoms with Crippen LogP contribution >= 0.6 is 11.3 Å².